The minimum absolute atomic E-state index is 0.482. The van der Waals surface area contributed by atoms with Gasteiger partial charge in [-0.3, -0.25) is 4.98 Å². The van der Waals surface area contributed by atoms with Crippen molar-refractivity contribution in [3.8, 4) is 11.6 Å². The molecule has 0 atom stereocenters. The predicted molar refractivity (Wildman–Crippen MR) is 68.2 cm³/mol. The van der Waals surface area contributed by atoms with Crippen molar-refractivity contribution in [2.45, 2.75) is 6.92 Å². The highest BCUT2D eigenvalue weighted by atomic mass is 79.9. The number of ether oxygens (including phenoxy) is 1. The van der Waals surface area contributed by atoms with Gasteiger partial charge in [0.2, 0.25) is 11.8 Å². The summed E-state index contributed by atoms with van der Waals surface area (Å²) in [5.74, 6) is 1.66. The van der Waals surface area contributed by atoms with Crippen molar-refractivity contribution in [1.29, 1.82) is 0 Å². The molecule has 0 aliphatic heterocycles. The van der Waals surface area contributed by atoms with Crippen LogP contribution >= 0.6 is 15.9 Å². The number of aromatic nitrogens is 3. The van der Waals surface area contributed by atoms with Crippen molar-refractivity contribution in [3.05, 3.63) is 35.2 Å². The SMILES string of the molecule is CCNc1nccc(Oc2cncc(Br)c2)n1. The lowest BCUT2D eigenvalue weighted by Gasteiger charge is -2.06. The zero-order chi connectivity index (χ0) is 12.1. The zero-order valence-corrected chi connectivity index (χ0v) is 10.8. The Labute approximate surface area is 107 Å². The largest absolute Gasteiger partial charge is 0.437 e. The van der Waals surface area contributed by atoms with E-state index in [0.717, 1.165) is 11.0 Å². The highest BCUT2D eigenvalue weighted by molar-refractivity contribution is 9.10. The lowest BCUT2D eigenvalue weighted by Crippen LogP contribution is -2.02. The quantitative estimate of drug-likeness (QED) is 0.939. The Hall–Kier alpha value is -1.69. The first-order valence-corrected chi connectivity index (χ1v) is 5.92. The minimum Gasteiger partial charge on any atom is -0.437 e. The molecule has 0 aliphatic rings. The van der Waals surface area contributed by atoms with Crippen molar-refractivity contribution in [1.82, 2.24) is 15.0 Å². The molecule has 0 unspecified atom stereocenters. The van der Waals surface area contributed by atoms with Crippen LogP contribution in [0.2, 0.25) is 0 Å². The van der Waals surface area contributed by atoms with Crippen LogP contribution in [0.25, 0.3) is 0 Å². The lowest BCUT2D eigenvalue weighted by molar-refractivity contribution is 0.460. The van der Waals surface area contributed by atoms with Crippen molar-refractivity contribution < 1.29 is 4.74 Å². The third-order valence-corrected chi connectivity index (χ3v) is 2.30. The van der Waals surface area contributed by atoms with Gasteiger partial charge in [-0.25, -0.2) is 4.98 Å². The molecule has 2 heterocycles. The zero-order valence-electron chi connectivity index (χ0n) is 9.22. The fraction of sp³-hybridized carbons (Fsp3) is 0.182. The molecule has 0 aliphatic carbocycles. The molecular weight excluding hydrogens is 284 g/mol. The molecule has 2 rings (SSSR count). The van der Waals surface area contributed by atoms with Crippen LogP contribution in [0.4, 0.5) is 5.95 Å². The Morgan fingerprint density at radius 2 is 2.29 bits per heavy atom. The Kier molecular flexibility index (Phi) is 3.87. The molecule has 0 saturated carbocycles. The average Bonchev–Trinajstić information content (AvgIpc) is 2.30. The molecule has 0 aromatic carbocycles. The first kappa shape index (κ1) is 11.8. The number of pyridine rings is 1. The van der Waals surface area contributed by atoms with Gasteiger partial charge >= 0.3 is 0 Å². The molecule has 1 N–H and O–H groups in total. The maximum atomic E-state index is 5.56. The van der Waals surface area contributed by atoms with Gasteiger partial charge in [-0.15, -0.1) is 0 Å². The Bertz CT molecular complexity index is 506. The van der Waals surface area contributed by atoms with Crippen LogP contribution in [0.1, 0.15) is 6.92 Å². The van der Waals surface area contributed by atoms with E-state index in [2.05, 4.69) is 36.2 Å². The molecule has 88 valence electrons. The van der Waals surface area contributed by atoms with Gasteiger partial charge in [-0.05, 0) is 28.9 Å². The Balaban J connectivity index is 2.15. The topological polar surface area (TPSA) is 59.9 Å². The van der Waals surface area contributed by atoms with Crippen LogP contribution in [0.5, 0.6) is 11.6 Å². The second-order valence-corrected chi connectivity index (χ2v) is 4.11. The van der Waals surface area contributed by atoms with Gasteiger partial charge in [0, 0.05) is 29.5 Å². The van der Waals surface area contributed by atoms with Crippen molar-refractivity contribution >= 4 is 21.9 Å². The van der Waals surface area contributed by atoms with E-state index in [1.54, 1.807) is 24.7 Å². The first-order valence-electron chi connectivity index (χ1n) is 5.13. The summed E-state index contributed by atoms with van der Waals surface area (Å²) >= 11 is 3.33. The highest BCUT2D eigenvalue weighted by Gasteiger charge is 2.01. The van der Waals surface area contributed by atoms with E-state index in [1.165, 1.54) is 0 Å². The van der Waals surface area contributed by atoms with E-state index in [0.29, 0.717) is 17.6 Å². The van der Waals surface area contributed by atoms with E-state index >= 15 is 0 Å². The van der Waals surface area contributed by atoms with E-state index < -0.39 is 0 Å². The summed E-state index contributed by atoms with van der Waals surface area (Å²) in [7, 11) is 0. The van der Waals surface area contributed by atoms with E-state index in [1.807, 2.05) is 13.0 Å². The number of nitrogens with one attached hydrogen (secondary N) is 1. The van der Waals surface area contributed by atoms with Crippen LogP contribution in [0.3, 0.4) is 0 Å². The predicted octanol–water partition coefficient (Wildman–Crippen LogP) is 2.86. The fourth-order valence-electron chi connectivity index (χ4n) is 1.21. The molecule has 0 fully saturated rings. The summed E-state index contributed by atoms with van der Waals surface area (Å²) in [6.45, 7) is 2.75. The van der Waals surface area contributed by atoms with E-state index in [4.69, 9.17) is 4.74 Å². The van der Waals surface area contributed by atoms with E-state index in [9.17, 15) is 0 Å². The number of anilines is 1. The standard InChI is InChI=1S/C11H11BrN4O/c1-2-14-11-15-4-3-10(16-11)17-9-5-8(12)6-13-7-9/h3-7H,2H2,1H3,(H,14,15,16). The summed E-state index contributed by atoms with van der Waals surface area (Å²) in [5.41, 5.74) is 0. The molecule has 17 heavy (non-hydrogen) atoms. The summed E-state index contributed by atoms with van der Waals surface area (Å²) < 4.78 is 6.42. The van der Waals surface area contributed by atoms with Crippen molar-refractivity contribution in [2.24, 2.45) is 0 Å². The Morgan fingerprint density at radius 3 is 3.06 bits per heavy atom. The summed E-state index contributed by atoms with van der Waals surface area (Å²) in [4.78, 5) is 12.3. The van der Waals surface area contributed by atoms with Crippen LogP contribution in [0, 0.1) is 0 Å². The van der Waals surface area contributed by atoms with Crippen LogP contribution < -0.4 is 10.1 Å². The summed E-state index contributed by atoms with van der Waals surface area (Å²) in [6.07, 6.45) is 4.96. The fourth-order valence-corrected chi connectivity index (χ4v) is 1.56. The molecule has 0 saturated heterocycles. The maximum absolute atomic E-state index is 5.56. The molecule has 5 nitrogen and oxygen atoms in total. The first-order chi connectivity index (χ1) is 8.28. The number of nitrogens with zero attached hydrogens (tertiary/aromatic N) is 3. The second-order valence-electron chi connectivity index (χ2n) is 3.19. The number of hydrogen-bond donors (Lipinski definition) is 1. The molecule has 6 heteroatoms. The van der Waals surface area contributed by atoms with Crippen molar-refractivity contribution in [3.63, 3.8) is 0 Å². The number of halogens is 1. The molecule has 0 radical (unpaired) electrons. The van der Waals surface area contributed by atoms with Gasteiger partial charge in [-0.1, -0.05) is 0 Å². The summed E-state index contributed by atoms with van der Waals surface area (Å²) in [6, 6.07) is 3.52. The van der Waals surface area contributed by atoms with Gasteiger partial charge in [-0.2, -0.15) is 4.98 Å². The highest BCUT2D eigenvalue weighted by Crippen LogP contribution is 2.21. The smallest absolute Gasteiger partial charge is 0.225 e. The van der Waals surface area contributed by atoms with Crippen LogP contribution in [-0.2, 0) is 0 Å². The number of hydrogen-bond acceptors (Lipinski definition) is 5. The molecular formula is C11H11BrN4O. The van der Waals surface area contributed by atoms with Crippen LogP contribution in [-0.4, -0.2) is 21.5 Å². The normalized spacial score (nSPS) is 10.0. The third kappa shape index (κ3) is 3.39. The number of rotatable bonds is 4. The molecule has 2 aromatic rings. The van der Waals surface area contributed by atoms with Gasteiger partial charge in [0.25, 0.3) is 0 Å². The molecule has 2 aromatic heterocycles. The summed E-state index contributed by atoms with van der Waals surface area (Å²) in [5, 5.41) is 3.02. The van der Waals surface area contributed by atoms with Crippen molar-refractivity contribution in [2.75, 3.05) is 11.9 Å². The maximum Gasteiger partial charge on any atom is 0.225 e. The van der Waals surface area contributed by atoms with Gasteiger partial charge in [0.1, 0.15) is 5.75 Å². The molecule has 0 bridgehead atoms. The Morgan fingerprint density at radius 1 is 1.41 bits per heavy atom. The minimum atomic E-state index is 0.482. The molecule has 0 spiro atoms. The van der Waals surface area contributed by atoms with Gasteiger partial charge in [0.05, 0.1) is 6.20 Å². The van der Waals surface area contributed by atoms with Gasteiger partial charge < -0.3 is 10.1 Å². The average molecular weight is 295 g/mol. The lowest BCUT2D eigenvalue weighted by atomic mass is 10.5. The second kappa shape index (κ2) is 5.58. The van der Waals surface area contributed by atoms with E-state index in [-0.39, 0.29) is 0 Å². The van der Waals surface area contributed by atoms with Crippen LogP contribution in [0.15, 0.2) is 35.2 Å². The monoisotopic (exact) mass is 294 g/mol. The third-order valence-electron chi connectivity index (χ3n) is 1.87. The van der Waals surface area contributed by atoms with Gasteiger partial charge in [0.15, 0.2) is 0 Å². The molecule has 0 amide bonds.